The fourth-order valence-electron chi connectivity index (χ4n) is 1.52. The molecule has 0 aliphatic rings. The van der Waals surface area contributed by atoms with Gasteiger partial charge in [-0.25, -0.2) is 4.79 Å². The van der Waals surface area contributed by atoms with E-state index in [9.17, 15) is 4.79 Å². The Kier molecular flexibility index (Phi) is 2.78. The van der Waals surface area contributed by atoms with Crippen LogP contribution in [-0.2, 0) is 12.9 Å². The highest BCUT2D eigenvalue weighted by atomic mass is 35.5. The molecule has 0 fully saturated rings. The number of alkyl halides is 1. The molecule has 0 saturated heterocycles. The van der Waals surface area contributed by atoms with E-state index >= 15 is 0 Å². The van der Waals surface area contributed by atoms with Crippen molar-refractivity contribution in [3.63, 3.8) is 0 Å². The van der Waals surface area contributed by atoms with E-state index in [1.807, 2.05) is 19.1 Å². The summed E-state index contributed by atoms with van der Waals surface area (Å²) in [7, 11) is 1.56. The first-order valence-corrected chi connectivity index (χ1v) is 5.32. The summed E-state index contributed by atoms with van der Waals surface area (Å²) >= 11 is 5.88. The lowest BCUT2D eigenvalue weighted by Gasteiger charge is -2.07. The smallest absolute Gasteiger partial charge is 0.244 e. The zero-order valence-corrected chi connectivity index (χ0v) is 9.77. The second-order valence-corrected chi connectivity index (χ2v) is 3.77. The molecule has 0 radical (unpaired) electrons. The first-order chi connectivity index (χ1) is 7.65. The number of benzene rings is 1. The van der Waals surface area contributed by atoms with E-state index in [-0.39, 0.29) is 5.69 Å². The van der Waals surface area contributed by atoms with Crippen LogP contribution in [0.5, 0.6) is 0 Å². The van der Waals surface area contributed by atoms with E-state index in [1.54, 1.807) is 13.1 Å². The van der Waals surface area contributed by atoms with Gasteiger partial charge in [0.2, 0.25) is 0 Å². The lowest BCUT2D eigenvalue weighted by Crippen LogP contribution is -2.22. The van der Waals surface area contributed by atoms with Crippen LogP contribution in [0.3, 0.4) is 0 Å². The van der Waals surface area contributed by atoms with Gasteiger partial charge in [0.1, 0.15) is 0 Å². The third-order valence-electron chi connectivity index (χ3n) is 2.47. The molecule has 0 atom stereocenters. The first-order valence-electron chi connectivity index (χ1n) is 4.79. The number of nitrogens with zero attached hydrogens (tertiary/aromatic N) is 4. The normalized spacial score (nSPS) is 10.7. The summed E-state index contributed by atoms with van der Waals surface area (Å²) in [4.78, 5) is 11.7. The molecule has 1 heterocycles. The molecule has 2 aromatic rings. The molecule has 1 aromatic carbocycles. The Morgan fingerprint density at radius 1 is 1.38 bits per heavy atom. The Bertz CT molecular complexity index is 572. The maximum absolute atomic E-state index is 11.7. The maximum Gasteiger partial charge on any atom is 0.368 e. The Hall–Kier alpha value is -1.62. The molecule has 2 rings (SSSR count). The van der Waals surface area contributed by atoms with Gasteiger partial charge in [-0.3, -0.25) is 0 Å². The molecule has 0 amide bonds. The minimum Gasteiger partial charge on any atom is -0.244 e. The van der Waals surface area contributed by atoms with Crippen LogP contribution in [0, 0.1) is 6.92 Å². The van der Waals surface area contributed by atoms with E-state index < -0.39 is 0 Å². The predicted octanol–water partition coefficient (Wildman–Crippen LogP) is 1.01. The molecule has 0 saturated carbocycles. The van der Waals surface area contributed by atoms with Gasteiger partial charge < -0.3 is 0 Å². The van der Waals surface area contributed by atoms with E-state index in [0.717, 1.165) is 11.1 Å². The highest BCUT2D eigenvalue weighted by molar-refractivity contribution is 6.17. The molecule has 0 spiro atoms. The van der Waals surface area contributed by atoms with Crippen LogP contribution in [0.2, 0.25) is 0 Å². The van der Waals surface area contributed by atoms with Crippen molar-refractivity contribution in [3.8, 4) is 5.69 Å². The number of aromatic nitrogens is 4. The lowest BCUT2D eigenvalue weighted by atomic mass is 10.1. The second kappa shape index (κ2) is 4.09. The van der Waals surface area contributed by atoms with Crippen molar-refractivity contribution < 1.29 is 0 Å². The fourth-order valence-corrected chi connectivity index (χ4v) is 1.87. The third-order valence-corrected chi connectivity index (χ3v) is 2.74. The fraction of sp³-hybridized carbons (Fsp3) is 0.300. The van der Waals surface area contributed by atoms with Crippen molar-refractivity contribution in [2.45, 2.75) is 12.8 Å². The summed E-state index contributed by atoms with van der Waals surface area (Å²) < 4.78 is 2.44. The van der Waals surface area contributed by atoms with Crippen molar-refractivity contribution in [1.29, 1.82) is 0 Å². The van der Waals surface area contributed by atoms with Gasteiger partial charge >= 0.3 is 5.69 Å². The van der Waals surface area contributed by atoms with Crippen LogP contribution < -0.4 is 5.69 Å². The monoisotopic (exact) mass is 238 g/mol. The van der Waals surface area contributed by atoms with Gasteiger partial charge in [0.15, 0.2) is 0 Å². The lowest BCUT2D eigenvalue weighted by molar-refractivity contribution is 0.692. The average Bonchev–Trinajstić information content (AvgIpc) is 2.59. The van der Waals surface area contributed by atoms with Crippen LogP contribution in [-0.4, -0.2) is 19.8 Å². The van der Waals surface area contributed by atoms with E-state index in [1.165, 1.54) is 9.36 Å². The molecule has 16 heavy (non-hydrogen) atoms. The van der Waals surface area contributed by atoms with Gasteiger partial charge in [0.25, 0.3) is 0 Å². The summed E-state index contributed by atoms with van der Waals surface area (Å²) in [6.45, 7) is 1.95. The van der Waals surface area contributed by atoms with Crippen molar-refractivity contribution in [3.05, 3.63) is 39.8 Å². The van der Waals surface area contributed by atoms with E-state index in [4.69, 9.17) is 11.6 Å². The standard InChI is InChI=1S/C10H11ClN4O/c1-7-4-3-5-9(8(7)6-11)15-10(16)14(2)12-13-15/h3-5H,6H2,1-2H3. The highest BCUT2D eigenvalue weighted by Crippen LogP contribution is 2.18. The summed E-state index contributed by atoms with van der Waals surface area (Å²) in [6.07, 6.45) is 0. The topological polar surface area (TPSA) is 52.7 Å². The number of tetrazole rings is 1. The second-order valence-electron chi connectivity index (χ2n) is 3.50. The average molecular weight is 239 g/mol. The molecule has 5 nitrogen and oxygen atoms in total. The van der Waals surface area contributed by atoms with Gasteiger partial charge in [0, 0.05) is 12.9 Å². The van der Waals surface area contributed by atoms with Crippen LogP contribution in [0.4, 0.5) is 0 Å². The molecule has 6 heteroatoms. The Morgan fingerprint density at radius 2 is 2.12 bits per heavy atom. The van der Waals surface area contributed by atoms with Gasteiger partial charge in [0.05, 0.1) is 5.69 Å². The molecule has 0 unspecified atom stereocenters. The quantitative estimate of drug-likeness (QED) is 0.734. The molecule has 84 valence electrons. The number of rotatable bonds is 2. The SMILES string of the molecule is Cc1cccc(-n2nnn(C)c2=O)c1CCl. The summed E-state index contributed by atoms with van der Waals surface area (Å²) in [5.74, 6) is 0.338. The summed E-state index contributed by atoms with van der Waals surface area (Å²) in [5, 5.41) is 7.47. The van der Waals surface area contributed by atoms with Gasteiger partial charge in [-0.05, 0) is 34.5 Å². The molecule has 0 bridgehead atoms. The van der Waals surface area contributed by atoms with Crippen LogP contribution in [0.25, 0.3) is 5.69 Å². The zero-order chi connectivity index (χ0) is 11.7. The van der Waals surface area contributed by atoms with Gasteiger partial charge in [-0.1, -0.05) is 12.1 Å². The van der Waals surface area contributed by atoms with E-state index in [0.29, 0.717) is 11.6 Å². The van der Waals surface area contributed by atoms with Crippen LogP contribution >= 0.6 is 11.6 Å². The number of aryl methyl sites for hydroxylation is 2. The molecule has 1 aromatic heterocycles. The Morgan fingerprint density at radius 3 is 2.69 bits per heavy atom. The Balaban J connectivity index is 2.69. The predicted molar refractivity (Wildman–Crippen MR) is 60.9 cm³/mol. The van der Waals surface area contributed by atoms with Crippen molar-refractivity contribution in [1.82, 2.24) is 19.8 Å². The number of halogens is 1. The largest absolute Gasteiger partial charge is 0.368 e. The van der Waals surface area contributed by atoms with Crippen LogP contribution in [0.1, 0.15) is 11.1 Å². The molecule has 0 N–H and O–H groups in total. The maximum atomic E-state index is 11.7. The molecular formula is C10H11ClN4O. The van der Waals surface area contributed by atoms with Crippen molar-refractivity contribution in [2.24, 2.45) is 7.05 Å². The number of hydrogen-bond donors (Lipinski definition) is 0. The third kappa shape index (κ3) is 1.63. The molecule has 0 aliphatic carbocycles. The first kappa shape index (κ1) is 10.9. The van der Waals surface area contributed by atoms with Crippen molar-refractivity contribution >= 4 is 11.6 Å². The summed E-state index contributed by atoms with van der Waals surface area (Å²) in [5.41, 5.74) is 2.34. The van der Waals surface area contributed by atoms with Crippen LogP contribution in [0.15, 0.2) is 23.0 Å². The number of hydrogen-bond acceptors (Lipinski definition) is 3. The molecule has 0 aliphatic heterocycles. The molecular weight excluding hydrogens is 228 g/mol. The summed E-state index contributed by atoms with van der Waals surface area (Å²) in [6, 6.07) is 5.62. The highest BCUT2D eigenvalue weighted by Gasteiger charge is 2.11. The van der Waals surface area contributed by atoms with E-state index in [2.05, 4.69) is 10.4 Å². The van der Waals surface area contributed by atoms with Gasteiger partial charge in [-0.2, -0.15) is 9.36 Å². The minimum absolute atomic E-state index is 0.281. The zero-order valence-electron chi connectivity index (χ0n) is 9.01. The van der Waals surface area contributed by atoms with Crippen molar-refractivity contribution in [2.75, 3.05) is 0 Å². The minimum atomic E-state index is -0.281. The van der Waals surface area contributed by atoms with Gasteiger partial charge in [-0.15, -0.1) is 11.6 Å². The Labute approximate surface area is 97.2 Å².